The molecule has 0 saturated heterocycles. The molecule has 0 amide bonds. The lowest BCUT2D eigenvalue weighted by Crippen LogP contribution is -2.39. The number of rotatable bonds is 5. The van der Waals surface area contributed by atoms with Crippen LogP contribution in [0.3, 0.4) is 0 Å². The van der Waals surface area contributed by atoms with Crippen molar-refractivity contribution in [3.05, 3.63) is 52.6 Å². The van der Waals surface area contributed by atoms with Gasteiger partial charge in [0.2, 0.25) is 11.5 Å². The molecule has 1 aliphatic heterocycles. The first-order valence-corrected chi connectivity index (χ1v) is 11.9. The summed E-state index contributed by atoms with van der Waals surface area (Å²) in [7, 11) is 0.0349. The predicted molar refractivity (Wildman–Crippen MR) is 118 cm³/mol. The van der Waals surface area contributed by atoms with Gasteiger partial charge in [-0.2, -0.15) is 0 Å². The van der Waals surface area contributed by atoms with Gasteiger partial charge >= 0.3 is 0 Å². The topological polar surface area (TPSA) is 66.0 Å². The van der Waals surface area contributed by atoms with E-state index in [-0.39, 0.29) is 17.5 Å². The summed E-state index contributed by atoms with van der Waals surface area (Å²) in [6.45, 7) is 0. The molecule has 0 spiro atoms. The maximum absolute atomic E-state index is 13.7. The van der Waals surface area contributed by atoms with E-state index < -0.39 is 17.1 Å². The first-order valence-electron chi connectivity index (χ1n) is 10.1. The van der Waals surface area contributed by atoms with Crippen molar-refractivity contribution in [3.63, 3.8) is 0 Å². The average molecular weight is 447 g/mol. The Morgan fingerprint density at radius 1 is 1.17 bits per heavy atom. The van der Waals surface area contributed by atoms with Crippen LogP contribution >= 0.6 is 12.3 Å². The molecule has 6 nitrogen and oxygen atoms in total. The highest BCUT2D eigenvalue weighted by Crippen LogP contribution is 2.39. The van der Waals surface area contributed by atoms with Crippen molar-refractivity contribution in [2.24, 2.45) is 4.99 Å². The number of ether oxygens (including phenoxy) is 1. The molecule has 30 heavy (non-hydrogen) atoms. The van der Waals surface area contributed by atoms with E-state index in [0.29, 0.717) is 10.6 Å². The Morgan fingerprint density at radius 3 is 2.43 bits per heavy atom. The summed E-state index contributed by atoms with van der Waals surface area (Å²) in [6, 6.07) is 9.30. The van der Waals surface area contributed by atoms with Gasteiger partial charge in [-0.05, 0) is 85.0 Å². The molecule has 2 aliphatic carbocycles. The van der Waals surface area contributed by atoms with Gasteiger partial charge in [0.15, 0.2) is 12.3 Å². The third-order valence-electron chi connectivity index (χ3n) is 5.94. The molecule has 2 atom stereocenters. The quantitative estimate of drug-likeness (QED) is 0.680. The first-order chi connectivity index (χ1) is 14.7. The molecule has 9 heteroatoms. The molecular weight excluding hydrogens is 423 g/mol. The third kappa shape index (κ3) is 3.48. The summed E-state index contributed by atoms with van der Waals surface area (Å²) in [5.41, 5.74) is 9.41. The molecule has 2 aromatic carbocycles. The summed E-state index contributed by atoms with van der Waals surface area (Å²) >= 11 is 0.0394. The van der Waals surface area contributed by atoms with Crippen LogP contribution in [0.15, 0.2) is 40.2 Å². The number of anilines is 1. The lowest BCUT2D eigenvalue weighted by molar-refractivity contribution is 0.382. The first kappa shape index (κ1) is 19.8. The maximum Gasteiger partial charge on any atom is 0.211 e. The molecule has 2 aromatic rings. The van der Waals surface area contributed by atoms with Gasteiger partial charge in [0, 0.05) is 10.6 Å². The minimum atomic E-state index is -1.55. The molecule has 0 saturated carbocycles. The van der Waals surface area contributed by atoms with E-state index in [1.54, 1.807) is 31.4 Å². The molecular formula is C21H23FN4O2S2. The number of amidine groups is 1. The molecule has 158 valence electrons. The summed E-state index contributed by atoms with van der Waals surface area (Å²) in [6.07, 6.45) is 5.87. The number of nitrogens with one attached hydrogen (secondary N) is 2. The third-order valence-corrected chi connectivity index (χ3v) is 7.63. The van der Waals surface area contributed by atoms with Crippen molar-refractivity contribution in [3.8, 4) is 5.75 Å². The van der Waals surface area contributed by atoms with Crippen LogP contribution in [0.5, 0.6) is 5.75 Å². The number of aliphatic imine (C=N–C) groups is 1. The minimum absolute atomic E-state index is 0.0394. The van der Waals surface area contributed by atoms with E-state index in [1.165, 1.54) is 26.7 Å². The number of methoxy groups -OCH3 is 1. The number of hydrogen-bond donors (Lipinski definition) is 2. The van der Waals surface area contributed by atoms with Crippen LogP contribution in [0.25, 0.3) is 0 Å². The van der Waals surface area contributed by atoms with E-state index in [4.69, 9.17) is 4.74 Å². The van der Waals surface area contributed by atoms with Gasteiger partial charge < -0.3 is 10.1 Å². The lowest BCUT2D eigenvalue weighted by atomic mass is 9.99. The number of hydrazine groups is 1. The largest absolute Gasteiger partial charge is 0.497 e. The monoisotopic (exact) mass is 446 g/mol. The van der Waals surface area contributed by atoms with Gasteiger partial charge in [-0.1, -0.05) is 10.5 Å². The smallest absolute Gasteiger partial charge is 0.211 e. The van der Waals surface area contributed by atoms with Crippen LogP contribution in [-0.4, -0.2) is 27.2 Å². The Balaban J connectivity index is 1.43. The number of halogens is 1. The molecule has 3 aliphatic rings. The number of hydrogen-bond acceptors (Lipinski definition) is 7. The zero-order chi connectivity index (χ0) is 20.7. The van der Waals surface area contributed by atoms with Crippen LogP contribution < -0.4 is 15.5 Å². The van der Waals surface area contributed by atoms with E-state index in [0.717, 1.165) is 44.2 Å². The summed E-state index contributed by atoms with van der Waals surface area (Å²) in [5.74, 6) is 0.685. The zero-order valence-corrected chi connectivity index (χ0v) is 18.2. The summed E-state index contributed by atoms with van der Waals surface area (Å²) < 4.78 is 33.1. The van der Waals surface area contributed by atoms with Crippen LogP contribution in [0.4, 0.5) is 9.57 Å². The van der Waals surface area contributed by atoms with Crippen molar-refractivity contribution in [1.29, 1.82) is 0 Å². The molecule has 5 rings (SSSR count). The van der Waals surface area contributed by atoms with E-state index in [1.807, 2.05) is 0 Å². The van der Waals surface area contributed by atoms with E-state index in [2.05, 4.69) is 21.8 Å². The van der Waals surface area contributed by atoms with Crippen molar-refractivity contribution in [1.82, 2.24) is 9.84 Å². The second-order valence-corrected chi connectivity index (χ2v) is 9.56. The van der Waals surface area contributed by atoms with E-state index >= 15 is 0 Å². The lowest BCUT2D eigenvalue weighted by Gasteiger charge is -2.23. The normalized spacial score (nSPS) is 21.0. The Hall–Kier alpha value is -2.10. The number of benzene rings is 2. The zero-order valence-electron chi connectivity index (χ0n) is 16.6. The van der Waals surface area contributed by atoms with Gasteiger partial charge in [-0.15, -0.1) is 3.89 Å². The Bertz CT molecular complexity index is 996. The SMILES string of the molecule is COc1ccc(S(=O)C2=NC(Nc3c4c(cc5c3CCC5)CCC4)N(SF)N2)cc1. The fourth-order valence-electron chi connectivity index (χ4n) is 4.51. The molecule has 0 bridgehead atoms. The highest BCUT2D eigenvalue weighted by Gasteiger charge is 2.33. The number of aryl methyl sites for hydroxylation is 2. The number of fused-ring (bicyclic) bond motifs is 2. The van der Waals surface area contributed by atoms with Crippen molar-refractivity contribution < 1.29 is 12.8 Å². The number of nitrogens with zero attached hydrogens (tertiary/aromatic N) is 2. The Labute approximate surface area is 182 Å². The van der Waals surface area contributed by atoms with Crippen LogP contribution in [-0.2, 0) is 36.5 Å². The fourth-order valence-corrected chi connectivity index (χ4v) is 5.85. The predicted octanol–water partition coefficient (Wildman–Crippen LogP) is 3.88. The van der Waals surface area contributed by atoms with Crippen LogP contribution in [0, 0.1) is 0 Å². The van der Waals surface area contributed by atoms with Gasteiger partial charge in [0.05, 0.1) is 7.11 Å². The maximum atomic E-state index is 13.7. The second-order valence-electron chi connectivity index (χ2n) is 7.64. The minimum Gasteiger partial charge on any atom is -0.497 e. The van der Waals surface area contributed by atoms with Crippen molar-refractivity contribution in [2.45, 2.75) is 49.7 Å². The molecule has 2 N–H and O–H groups in total. The van der Waals surface area contributed by atoms with E-state index in [9.17, 15) is 8.09 Å². The second kappa shape index (κ2) is 8.20. The average Bonchev–Trinajstić information content (AvgIpc) is 3.52. The van der Waals surface area contributed by atoms with Gasteiger partial charge in [-0.25, -0.2) is 9.20 Å². The summed E-state index contributed by atoms with van der Waals surface area (Å²) in [4.78, 5) is 5.11. The highest BCUT2D eigenvalue weighted by atomic mass is 32.2. The summed E-state index contributed by atoms with van der Waals surface area (Å²) in [5, 5.41) is 3.69. The Morgan fingerprint density at radius 2 is 1.83 bits per heavy atom. The van der Waals surface area contributed by atoms with Crippen molar-refractivity contribution in [2.75, 3.05) is 12.4 Å². The van der Waals surface area contributed by atoms with Crippen molar-refractivity contribution >= 4 is 34.0 Å². The molecule has 0 aromatic heterocycles. The fraction of sp³-hybridized carbons (Fsp3) is 0.381. The Kier molecular flexibility index (Phi) is 5.43. The molecule has 0 fully saturated rings. The molecule has 1 heterocycles. The van der Waals surface area contributed by atoms with Gasteiger partial charge in [0.25, 0.3) is 0 Å². The van der Waals surface area contributed by atoms with Gasteiger partial charge in [-0.3, -0.25) is 5.43 Å². The van der Waals surface area contributed by atoms with Crippen LogP contribution in [0.2, 0.25) is 0 Å². The molecule has 0 radical (unpaired) electrons. The highest BCUT2D eigenvalue weighted by molar-refractivity contribution is 8.00. The van der Waals surface area contributed by atoms with Crippen LogP contribution in [0.1, 0.15) is 35.1 Å². The molecule has 2 unspecified atom stereocenters. The standard InChI is InChI=1S/C21H23FN4O2S2/c1-28-15-8-10-16(11-9-15)30(27)21-24-20(26(25-21)29-22)23-19-17-6-2-4-13(17)12-14-5-3-7-18(14)19/h8-12,20,23H,2-7H2,1H3,(H,24,25). The van der Waals surface area contributed by atoms with Gasteiger partial charge in [0.1, 0.15) is 16.5 Å².